The number of halogens is 1. The third kappa shape index (κ3) is 6.62. The van der Waals surface area contributed by atoms with Gasteiger partial charge in [0.05, 0.1) is 0 Å². The smallest absolute Gasteiger partial charge is 0.251 e. The first kappa shape index (κ1) is 28.7. The number of anilines is 2. The maximum absolute atomic E-state index is 13.0. The lowest BCUT2D eigenvalue weighted by Gasteiger charge is -2.25. The van der Waals surface area contributed by atoms with E-state index in [0.29, 0.717) is 23.0 Å². The number of nitrogens with one attached hydrogen (secondary N) is 1. The summed E-state index contributed by atoms with van der Waals surface area (Å²) >= 11 is 6.20. The molecule has 0 atom stereocenters. The molecule has 4 aromatic rings. The van der Waals surface area contributed by atoms with Crippen LogP contribution >= 0.6 is 11.6 Å². The van der Waals surface area contributed by atoms with Gasteiger partial charge in [-0.25, -0.2) is 0 Å². The molecule has 8 heteroatoms. The topological polar surface area (TPSA) is 100 Å². The largest absolute Gasteiger partial charge is 0.400 e. The van der Waals surface area contributed by atoms with E-state index >= 15 is 0 Å². The minimum Gasteiger partial charge on any atom is -0.400 e. The van der Waals surface area contributed by atoms with Crippen molar-refractivity contribution in [2.24, 2.45) is 10.9 Å². The van der Waals surface area contributed by atoms with Crippen molar-refractivity contribution in [1.82, 2.24) is 5.32 Å². The van der Waals surface area contributed by atoms with Crippen LogP contribution in [0.2, 0.25) is 5.02 Å². The molecule has 1 amide bonds. The summed E-state index contributed by atoms with van der Waals surface area (Å²) in [5, 5.41) is 14.5. The number of benzene rings is 4. The average molecular weight is 557 g/mol. The van der Waals surface area contributed by atoms with Gasteiger partial charge in [0.2, 0.25) is 0 Å². The van der Waals surface area contributed by atoms with Crippen LogP contribution in [0.25, 0.3) is 0 Å². The van der Waals surface area contributed by atoms with Crippen molar-refractivity contribution in [2.45, 2.75) is 19.4 Å². The Hall–Kier alpha value is -4.33. The fourth-order valence-electron chi connectivity index (χ4n) is 4.74. The van der Waals surface area contributed by atoms with E-state index in [1.807, 2.05) is 67.7 Å². The minimum atomic E-state index is -0.0995. The standard InChI is InChI=1S/C31H29ClN4O2.CH4O/c1-36(28-5-3-4-27(32)18-28)29-13-12-23-14-22-10-11-24(15-25(22)16-26(23)17-29)31(37)34-19-20-6-8-21(9-7-20)30(33)35-38-2;1-2/h3-13,15,17-18H,14,16,19H2,1-2H3,(H2,33,35)(H,34,37);2H,1H3. The van der Waals surface area contributed by atoms with Gasteiger partial charge in [0.15, 0.2) is 5.84 Å². The fraction of sp³-hybridized carbons (Fsp3) is 0.188. The number of amidine groups is 1. The van der Waals surface area contributed by atoms with Gasteiger partial charge in [-0.05, 0) is 83.1 Å². The Kier molecular flexibility index (Phi) is 9.43. The number of hydrogen-bond acceptors (Lipinski definition) is 5. The number of carbonyl (C=O) groups is 1. The van der Waals surface area contributed by atoms with Crippen LogP contribution in [0, 0.1) is 0 Å². The normalized spacial score (nSPS) is 11.9. The van der Waals surface area contributed by atoms with Gasteiger partial charge in [-0.2, -0.15) is 0 Å². The van der Waals surface area contributed by atoms with Crippen molar-refractivity contribution >= 4 is 34.7 Å². The Morgan fingerprint density at radius 3 is 2.23 bits per heavy atom. The van der Waals surface area contributed by atoms with Crippen LogP contribution in [0.15, 0.2) is 90.1 Å². The third-order valence-electron chi connectivity index (χ3n) is 6.90. The van der Waals surface area contributed by atoms with Crippen molar-refractivity contribution in [3.63, 3.8) is 0 Å². The fourth-order valence-corrected chi connectivity index (χ4v) is 4.92. The Morgan fingerprint density at radius 1 is 0.900 bits per heavy atom. The lowest BCUT2D eigenvalue weighted by Crippen LogP contribution is -2.23. The van der Waals surface area contributed by atoms with Gasteiger partial charge in [-0.3, -0.25) is 4.79 Å². The zero-order chi connectivity index (χ0) is 28.6. The highest BCUT2D eigenvalue weighted by atomic mass is 35.5. The molecule has 0 saturated carbocycles. The molecule has 0 radical (unpaired) electrons. The quantitative estimate of drug-likeness (QED) is 0.141. The van der Waals surface area contributed by atoms with E-state index in [-0.39, 0.29) is 5.91 Å². The van der Waals surface area contributed by atoms with Gasteiger partial charge >= 0.3 is 0 Å². The molecule has 0 heterocycles. The Morgan fingerprint density at radius 2 is 1.52 bits per heavy atom. The zero-order valence-electron chi connectivity index (χ0n) is 22.8. The van der Waals surface area contributed by atoms with Crippen LogP contribution in [0.4, 0.5) is 11.4 Å². The van der Waals surface area contributed by atoms with Crippen molar-refractivity contribution < 1.29 is 14.7 Å². The number of carbonyl (C=O) groups excluding carboxylic acids is 1. The second-order valence-electron chi connectivity index (χ2n) is 9.37. The number of aliphatic hydroxyl groups is 1. The van der Waals surface area contributed by atoms with Crippen LogP contribution in [-0.2, 0) is 24.2 Å². The molecule has 4 N–H and O–H groups in total. The first-order valence-corrected chi connectivity index (χ1v) is 13.2. The average Bonchev–Trinajstić information content (AvgIpc) is 2.99. The summed E-state index contributed by atoms with van der Waals surface area (Å²) in [4.78, 5) is 19.8. The molecule has 7 nitrogen and oxygen atoms in total. The van der Waals surface area contributed by atoms with Crippen molar-refractivity contribution in [1.29, 1.82) is 0 Å². The molecule has 1 aliphatic carbocycles. The molecule has 0 unspecified atom stereocenters. The van der Waals surface area contributed by atoms with Gasteiger partial charge in [-0.15, -0.1) is 0 Å². The van der Waals surface area contributed by atoms with Gasteiger partial charge in [-0.1, -0.05) is 59.2 Å². The highest BCUT2D eigenvalue weighted by Crippen LogP contribution is 2.33. The number of hydrogen-bond donors (Lipinski definition) is 3. The number of amides is 1. The summed E-state index contributed by atoms with van der Waals surface area (Å²) in [6.45, 7) is 0.416. The van der Waals surface area contributed by atoms with E-state index in [4.69, 9.17) is 27.3 Å². The van der Waals surface area contributed by atoms with E-state index < -0.39 is 0 Å². The van der Waals surface area contributed by atoms with Crippen molar-refractivity contribution in [2.75, 3.05) is 26.2 Å². The second kappa shape index (κ2) is 13.2. The summed E-state index contributed by atoms with van der Waals surface area (Å²) in [6.07, 6.45) is 1.64. The maximum atomic E-state index is 13.0. The monoisotopic (exact) mass is 556 g/mol. The summed E-state index contributed by atoms with van der Waals surface area (Å²) in [7, 11) is 4.50. The van der Waals surface area contributed by atoms with Gasteiger partial charge < -0.3 is 25.9 Å². The molecular weight excluding hydrogens is 524 g/mol. The minimum absolute atomic E-state index is 0.0995. The lowest BCUT2D eigenvalue weighted by molar-refractivity contribution is 0.0951. The first-order valence-electron chi connectivity index (χ1n) is 12.8. The van der Waals surface area contributed by atoms with Crippen LogP contribution in [-0.4, -0.2) is 38.1 Å². The summed E-state index contributed by atoms with van der Waals surface area (Å²) in [6, 6.07) is 28.0. The highest BCUT2D eigenvalue weighted by molar-refractivity contribution is 6.30. The molecule has 1 aliphatic rings. The second-order valence-corrected chi connectivity index (χ2v) is 9.80. The number of nitrogens with zero attached hydrogens (tertiary/aromatic N) is 2. The van der Waals surface area contributed by atoms with E-state index in [2.05, 4.69) is 39.6 Å². The Bertz CT molecular complexity index is 1520. The molecule has 206 valence electrons. The van der Waals surface area contributed by atoms with E-state index in [9.17, 15) is 4.79 Å². The molecule has 0 spiro atoms. The van der Waals surface area contributed by atoms with Crippen LogP contribution < -0.4 is 16.0 Å². The predicted molar refractivity (Wildman–Crippen MR) is 161 cm³/mol. The van der Waals surface area contributed by atoms with Crippen molar-refractivity contribution in [3.8, 4) is 0 Å². The Balaban J connectivity index is 0.00000181. The number of rotatable bonds is 7. The van der Waals surface area contributed by atoms with Crippen LogP contribution in [0.3, 0.4) is 0 Å². The lowest BCUT2D eigenvalue weighted by atomic mass is 9.85. The molecule has 5 rings (SSSR count). The number of oxime groups is 1. The van der Waals surface area contributed by atoms with Gasteiger partial charge in [0, 0.05) is 48.2 Å². The van der Waals surface area contributed by atoms with Gasteiger partial charge in [0.25, 0.3) is 5.91 Å². The molecule has 0 saturated heterocycles. The Labute approximate surface area is 239 Å². The number of fused-ring (bicyclic) bond motifs is 2. The summed E-state index contributed by atoms with van der Waals surface area (Å²) in [5.74, 6) is 0.208. The molecule has 0 aliphatic heterocycles. The number of nitrogens with two attached hydrogens (primary N) is 1. The van der Waals surface area contributed by atoms with Crippen molar-refractivity contribution in [3.05, 3.63) is 129 Å². The summed E-state index contributed by atoms with van der Waals surface area (Å²) in [5.41, 5.74) is 15.4. The predicted octanol–water partition coefficient (Wildman–Crippen LogP) is 5.41. The zero-order valence-corrected chi connectivity index (χ0v) is 23.6. The molecule has 0 bridgehead atoms. The van der Waals surface area contributed by atoms with Gasteiger partial charge in [0.1, 0.15) is 7.11 Å². The molecule has 0 fully saturated rings. The maximum Gasteiger partial charge on any atom is 0.251 e. The SMILES string of the molecule is CO.CO/N=C(\N)c1ccc(CNC(=O)c2ccc3c(c2)Cc2cc(N(C)c4cccc(Cl)c4)ccc2C3)cc1. The van der Waals surface area contributed by atoms with Crippen LogP contribution in [0.5, 0.6) is 0 Å². The van der Waals surface area contributed by atoms with E-state index in [1.54, 1.807) is 0 Å². The third-order valence-corrected chi connectivity index (χ3v) is 7.13. The number of aliphatic hydroxyl groups excluding tert-OH is 1. The first-order chi connectivity index (χ1) is 19.4. The van der Waals surface area contributed by atoms with E-state index in [0.717, 1.165) is 42.5 Å². The highest BCUT2D eigenvalue weighted by Gasteiger charge is 2.19. The molecular formula is C32H33ClN4O3. The van der Waals surface area contributed by atoms with E-state index in [1.165, 1.54) is 29.4 Å². The molecule has 40 heavy (non-hydrogen) atoms. The molecule has 0 aromatic heterocycles. The summed E-state index contributed by atoms with van der Waals surface area (Å²) < 4.78 is 0. The molecule has 4 aromatic carbocycles. The van der Waals surface area contributed by atoms with Crippen LogP contribution in [0.1, 0.15) is 43.7 Å².